The molecular weight excluding hydrogens is 258 g/mol. The number of anilines is 1. The summed E-state index contributed by atoms with van der Waals surface area (Å²) in [5.41, 5.74) is -0.409. The van der Waals surface area contributed by atoms with E-state index in [1.807, 2.05) is 0 Å². The molecule has 0 bridgehead atoms. The Bertz CT molecular complexity index is 669. The standard InChI is InChI=1S/C13H19N5O2/c1-9-15-10(7-11-16-17-12(19)18(9)11)14-8-13(20)5-3-2-4-6-13/h7,14,20H,2-6,8H2,1H3,(H,17,19). The number of fused-ring (bicyclic) bond motifs is 1. The molecule has 0 amide bonds. The van der Waals surface area contributed by atoms with Gasteiger partial charge in [0.2, 0.25) is 0 Å². The molecule has 7 nitrogen and oxygen atoms in total. The van der Waals surface area contributed by atoms with Crippen molar-refractivity contribution in [2.45, 2.75) is 44.6 Å². The third-order valence-corrected chi connectivity index (χ3v) is 3.95. The maximum absolute atomic E-state index is 11.5. The topological polar surface area (TPSA) is 95.3 Å². The van der Waals surface area contributed by atoms with Gasteiger partial charge in [-0.05, 0) is 19.8 Å². The Kier molecular flexibility index (Phi) is 3.21. The minimum Gasteiger partial charge on any atom is -0.388 e. The number of H-pyrrole nitrogens is 1. The Morgan fingerprint density at radius 3 is 2.95 bits per heavy atom. The zero-order chi connectivity index (χ0) is 14.2. The molecule has 0 atom stereocenters. The molecule has 2 heterocycles. The summed E-state index contributed by atoms with van der Waals surface area (Å²) in [6, 6.07) is 1.71. The van der Waals surface area contributed by atoms with Gasteiger partial charge in [0.25, 0.3) is 0 Å². The molecule has 2 aromatic rings. The van der Waals surface area contributed by atoms with E-state index < -0.39 is 5.60 Å². The third-order valence-electron chi connectivity index (χ3n) is 3.95. The van der Waals surface area contributed by atoms with Gasteiger partial charge in [-0.1, -0.05) is 19.3 Å². The minimum absolute atomic E-state index is 0.289. The molecule has 1 fully saturated rings. The van der Waals surface area contributed by atoms with Crippen LogP contribution < -0.4 is 11.0 Å². The van der Waals surface area contributed by atoms with E-state index in [0.29, 0.717) is 23.8 Å². The number of hydrogen-bond donors (Lipinski definition) is 3. The van der Waals surface area contributed by atoms with Gasteiger partial charge in [0.15, 0.2) is 5.65 Å². The lowest BCUT2D eigenvalue weighted by molar-refractivity contribution is 0.0166. The largest absolute Gasteiger partial charge is 0.388 e. The van der Waals surface area contributed by atoms with Crippen molar-refractivity contribution in [1.29, 1.82) is 0 Å². The maximum atomic E-state index is 11.5. The van der Waals surface area contributed by atoms with Crippen molar-refractivity contribution in [1.82, 2.24) is 19.6 Å². The highest BCUT2D eigenvalue weighted by Crippen LogP contribution is 2.28. The van der Waals surface area contributed by atoms with Crippen molar-refractivity contribution >= 4 is 11.5 Å². The lowest BCUT2D eigenvalue weighted by Crippen LogP contribution is -2.39. The second kappa shape index (κ2) is 4.90. The first-order valence-corrected chi connectivity index (χ1v) is 6.98. The summed E-state index contributed by atoms with van der Waals surface area (Å²) in [7, 11) is 0. The van der Waals surface area contributed by atoms with Crippen LogP contribution in [0, 0.1) is 6.92 Å². The van der Waals surface area contributed by atoms with Gasteiger partial charge in [-0.2, -0.15) is 5.10 Å². The monoisotopic (exact) mass is 277 g/mol. The van der Waals surface area contributed by atoms with Crippen LogP contribution in [-0.2, 0) is 0 Å². The molecule has 0 radical (unpaired) electrons. The molecule has 1 saturated carbocycles. The van der Waals surface area contributed by atoms with Crippen LogP contribution in [0.2, 0.25) is 0 Å². The van der Waals surface area contributed by atoms with Crippen LogP contribution in [0.15, 0.2) is 10.9 Å². The van der Waals surface area contributed by atoms with Gasteiger partial charge in [0.05, 0.1) is 5.60 Å². The van der Waals surface area contributed by atoms with Crippen LogP contribution in [-0.4, -0.2) is 36.8 Å². The van der Waals surface area contributed by atoms with Crippen molar-refractivity contribution in [3.63, 3.8) is 0 Å². The van der Waals surface area contributed by atoms with Gasteiger partial charge in [-0.3, -0.25) is 0 Å². The molecule has 0 aliphatic heterocycles. The Morgan fingerprint density at radius 2 is 2.20 bits per heavy atom. The van der Waals surface area contributed by atoms with Gasteiger partial charge in [0, 0.05) is 12.6 Å². The first-order valence-electron chi connectivity index (χ1n) is 6.98. The van der Waals surface area contributed by atoms with E-state index in [1.54, 1.807) is 13.0 Å². The summed E-state index contributed by atoms with van der Waals surface area (Å²) in [6.07, 6.45) is 4.98. The normalized spacial score (nSPS) is 18.3. The van der Waals surface area contributed by atoms with E-state index >= 15 is 0 Å². The third kappa shape index (κ3) is 2.40. The van der Waals surface area contributed by atoms with Crippen molar-refractivity contribution in [3.8, 4) is 0 Å². The molecule has 3 N–H and O–H groups in total. The summed E-state index contributed by atoms with van der Waals surface area (Å²) in [6.45, 7) is 2.23. The summed E-state index contributed by atoms with van der Waals surface area (Å²) in [5.74, 6) is 1.20. The van der Waals surface area contributed by atoms with Crippen molar-refractivity contribution in [2.75, 3.05) is 11.9 Å². The SMILES string of the molecule is Cc1nc(NCC2(O)CCCCC2)cc2n[nH]c(=O)n12. The molecule has 20 heavy (non-hydrogen) atoms. The number of aromatic nitrogens is 4. The van der Waals surface area contributed by atoms with Crippen LogP contribution in [0.4, 0.5) is 5.82 Å². The van der Waals surface area contributed by atoms with Gasteiger partial charge in [-0.15, -0.1) is 0 Å². The molecular formula is C13H19N5O2. The summed E-state index contributed by atoms with van der Waals surface area (Å²) in [4.78, 5) is 15.8. The molecule has 0 saturated heterocycles. The van der Waals surface area contributed by atoms with Crippen molar-refractivity contribution in [3.05, 3.63) is 22.4 Å². The molecule has 3 rings (SSSR count). The minimum atomic E-state index is -0.648. The Labute approximate surface area is 116 Å². The molecule has 0 spiro atoms. The quantitative estimate of drug-likeness (QED) is 0.772. The highest BCUT2D eigenvalue weighted by molar-refractivity contribution is 5.49. The van der Waals surface area contributed by atoms with Crippen molar-refractivity contribution < 1.29 is 5.11 Å². The van der Waals surface area contributed by atoms with Crippen LogP contribution in [0.1, 0.15) is 37.9 Å². The van der Waals surface area contributed by atoms with E-state index in [4.69, 9.17) is 0 Å². The van der Waals surface area contributed by atoms with E-state index in [1.165, 1.54) is 10.8 Å². The zero-order valence-electron chi connectivity index (χ0n) is 11.5. The Balaban J connectivity index is 1.79. The van der Waals surface area contributed by atoms with E-state index in [9.17, 15) is 9.90 Å². The molecule has 0 unspecified atom stereocenters. The Morgan fingerprint density at radius 1 is 1.45 bits per heavy atom. The summed E-state index contributed by atoms with van der Waals surface area (Å²) in [5, 5.41) is 20.0. The summed E-state index contributed by atoms with van der Waals surface area (Å²) >= 11 is 0. The number of aromatic amines is 1. The molecule has 1 aliphatic rings. The van der Waals surface area contributed by atoms with Gasteiger partial charge >= 0.3 is 5.69 Å². The average molecular weight is 277 g/mol. The van der Waals surface area contributed by atoms with E-state index in [0.717, 1.165) is 25.7 Å². The number of hydrogen-bond acceptors (Lipinski definition) is 5. The molecule has 1 aliphatic carbocycles. The number of nitrogens with zero attached hydrogens (tertiary/aromatic N) is 3. The van der Waals surface area contributed by atoms with Gasteiger partial charge < -0.3 is 10.4 Å². The number of aliphatic hydroxyl groups is 1. The highest BCUT2D eigenvalue weighted by atomic mass is 16.3. The zero-order valence-corrected chi connectivity index (χ0v) is 11.5. The summed E-state index contributed by atoms with van der Waals surface area (Å²) < 4.78 is 1.42. The number of aryl methyl sites for hydroxylation is 1. The van der Waals surface area contributed by atoms with Crippen LogP contribution in [0.5, 0.6) is 0 Å². The molecule has 108 valence electrons. The lowest BCUT2D eigenvalue weighted by atomic mass is 9.85. The maximum Gasteiger partial charge on any atom is 0.349 e. The van der Waals surface area contributed by atoms with Gasteiger partial charge in [0.1, 0.15) is 11.6 Å². The fourth-order valence-corrected chi connectivity index (χ4v) is 2.83. The second-order valence-electron chi connectivity index (χ2n) is 5.55. The van der Waals surface area contributed by atoms with Gasteiger partial charge in [-0.25, -0.2) is 19.3 Å². The smallest absolute Gasteiger partial charge is 0.349 e. The predicted molar refractivity (Wildman–Crippen MR) is 74.9 cm³/mol. The Hall–Kier alpha value is -1.89. The first kappa shape index (κ1) is 13.1. The number of rotatable bonds is 3. The average Bonchev–Trinajstić information content (AvgIpc) is 2.80. The van der Waals surface area contributed by atoms with E-state index in [-0.39, 0.29) is 5.69 Å². The molecule has 2 aromatic heterocycles. The van der Waals surface area contributed by atoms with Crippen molar-refractivity contribution in [2.24, 2.45) is 0 Å². The highest BCUT2D eigenvalue weighted by Gasteiger charge is 2.28. The fraction of sp³-hybridized carbons (Fsp3) is 0.615. The fourth-order valence-electron chi connectivity index (χ4n) is 2.83. The van der Waals surface area contributed by atoms with Crippen LogP contribution in [0.25, 0.3) is 5.65 Å². The molecule has 0 aromatic carbocycles. The number of nitrogens with one attached hydrogen (secondary N) is 2. The lowest BCUT2D eigenvalue weighted by Gasteiger charge is -2.32. The van der Waals surface area contributed by atoms with E-state index in [2.05, 4.69) is 20.5 Å². The predicted octanol–water partition coefficient (Wildman–Crippen LogP) is 0.833. The second-order valence-corrected chi connectivity index (χ2v) is 5.55. The van der Waals surface area contributed by atoms with Crippen LogP contribution in [0.3, 0.4) is 0 Å². The first-order chi connectivity index (χ1) is 9.57. The molecule has 7 heteroatoms. The van der Waals surface area contributed by atoms with Crippen LogP contribution >= 0.6 is 0 Å².